The molecule has 5 fully saturated rings. The molecule has 6 rings (SSSR count). The first-order chi connectivity index (χ1) is 16.8. The molecule has 36 heavy (non-hydrogen) atoms. The minimum atomic E-state index is -4.87. The molecule has 4 bridgehead atoms. The molecule has 5 saturated carbocycles. The van der Waals surface area contributed by atoms with Gasteiger partial charge in [0.05, 0.1) is 15.9 Å². The van der Waals surface area contributed by atoms with Crippen molar-refractivity contribution in [2.24, 2.45) is 23.0 Å². The van der Waals surface area contributed by atoms with Gasteiger partial charge in [-0.1, -0.05) is 31.4 Å². The second-order valence-corrected chi connectivity index (χ2v) is 13.2. The van der Waals surface area contributed by atoms with Gasteiger partial charge in [0.15, 0.2) is 0 Å². The van der Waals surface area contributed by atoms with Crippen molar-refractivity contribution in [3.63, 3.8) is 0 Å². The maximum Gasteiger partial charge on any atom is 0.417 e. The van der Waals surface area contributed by atoms with Crippen LogP contribution in [-0.4, -0.2) is 31.3 Å². The number of carbonyl (C=O) groups is 2. The van der Waals surface area contributed by atoms with E-state index in [1.807, 2.05) is 0 Å². The van der Waals surface area contributed by atoms with Crippen molar-refractivity contribution in [2.75, 3.05) is 0 Å². The lowest BCUT2D eigenvalue weighted by atomic mass is 9.46. The van der Waals surface area contributed by atoms with Gasteiger partial charge in [-0.2, -0.15) is 17.9 Å². The molecule has 0 aromatic heterocycles. The number of rotatable bonds is 6. The molecule has 1 aromatic rings. The monoisotopic (exact) mass is 527 g/mol. The fourth-order valence-electron chi connectivity index (χ4n) is 7.84. The van der Waals surface area contributed by atoms with Gasteiger partial charge in [0.2, 0.25) is 21.8 Å². The standard InChI is InChI=1S/C25H32F3N3O4S/c26-25(27,28)18-6-2-3-7-19(18)36(34,35)31-24(8-4-1-5-9-24)21(33)30-23-13-16-10-17(14-23)12-22(11-16,15-23)20(29)32/h2-3,6-7,16-17,31H,1,4-5,8-15H2,(H2,29,32)(H,30,33). The lowest BCUT2D eigenvalue weighted by molar-refractivity contribution is -0.152. The number of carbonyl (C=O) groups excluding carboxylic acids is 2. The second kappa shape index (κ2) is 8.44. The molecule has 5 aliphatic rings. The van der Waals surface area contributed by atoms with Crippen LogP contribution >= 0.6 is 0 Å². The van der Waals surface area contributed by atoms with Gasteiger partial charge in [0, 0.05) is 5.54 Å². The highest BCUT2D eigenvalue weighted by Gasteiger charge is 2.61. The first kappa shape index (κ1) is 25.5. The van der Waals surface area contributed by atoms with Crippen LogP contribution in [0.5, 0.6) is 0 Å². The van der Waals surface area contributed by atoms with E-state index in [2.05, 4.69) is 10.0 Å². The van der Waals surface area contributed by atoms with Crippen molar-refractivity contribution < 1.29 is 31.2 Å². The van der Waals surface area contributed by atoms with E-state index in [-0.39, 0.29) is 30.6 Å². The number of hydrogen-bond donors (Lipinski definition) is 3. The molecule has 1 aromatic carbocycles. The van der Waals surface area contributed by atoms with Crippen molar-refractivity contribution in [2.45, 2.75) is 92.8 Å². The zero-order chi connectivity index (χ0) is 26.0. The highest BCUT2D eigenvalue weighted by Crippen LogP contribution is 2.61. The van der Waals surface area contributed by atoms with Crippen LogP contribution in [0.1, 0.15) is 76.2 Å². The van der Waals surface area contributed by atoms with E-state index >= 15 is 0 Å². The van der Waals surface area contributed by atoms with Gasteiger partial charge in [-0.15, -0.1) is 0 Å². The van der Waals surface area contributed by atoms with Gasteiger partial charge in [-0.25, -0.2) is 8.42 Å². The first-order valence-corrected chi connectivity index (χ1v) is 14.1. The molecule has 0 spiro atoms. The predicted molar refractivity (Wildman–Crippen MR) is 125 cm³/mol. The molecule has 7 nitrogen and oxygen atoms in total. The summed E-state index contributed by atoms with van der Waals surface area (Å²) in [5.41, 5.74) is 1.66. The average Bonchev–Trinajstić information content (AvgIpc) is 2.77. The van der Waals surface area contributed by atoms with Crippen molar-refractivity contribution in [3.8, 4) is 0 Å². The van der Waals surface area contributed by atoms with Crippen molar-refractivity contribution in [1.82, 2.24) is 10.0 Å². The van der Waals surface area contributed by atoms with Crippen LogP contribution in [0.3, 0.4) is 0 Å². The number of alkyl halides is 3. The molecule has 0 saturated heterocycles. The SMILES string of the molecule is NC(=O)C12CC3CC(CC(NC(=O)C4(NS(=O)(=O)c5ccccc5C(F)(F)F)CCCCC4)(C3)C1)C2. The molecule has 198 valence electrons. The molecule has 0 heterocycles. The molecular weight excluding hydrogens is 495 g/mol. The number of sulfonamides is 1. The van der Waals surface area contributed by atoms with Crippen LogP contribution in [0.4, 0.5) is 13.2 Å². The Balaban J connectivity index is 1.46. The average molecular weight is 528 g/mol. The number of nitrogens with one attached hydrogen (secondary N) is 2. The number of benzene rings is 1. The molecule has 5 aliphatic carbocycles. The predicted octanol–water partition coefficient (Wildman–Crippen LogP) is 3.63. The molecule has 0 radical (unpaired) electrons. The van der Waals surface area contributed by atoms with E-state index in [4.69, 9.17) is 5.73 Å². The van der Waals surface area contributed by atoms with Crippen LogP contribution in [0, 0.1) is 17.3 Å². The summed E-state index contributed by atoms with van der Waals surface area (Å²) in [4.78, 5) is 25.4. The van der Waals surface area contributed by atoms with Crippen LogP contribution in [0.2, 0.25) is 0 Å². The van der Waals surface area contributed by atoms with E-state index in [1.165, 1.54) is 6.07 Å². The van der Waals surface area contributed by atoms with Gasteiger partial charge in [0.1, 0.15) is 5.54 Å². The highest BCUT2D eigenvalue weighted by atomic mass is 32.2. The fourth-order valence-corrected chi connectivity index (χ4v) is 9.49. The highest BCUT2D eigenvalue weighted by molar-refractivity contribution is 7.89. The van der Waals surface area contributed by atoms with E-state index in [9.17, 15) is 31.2 Å². The van der Waals surface area contributed by atoms with E-state index in [0.717, 1.165) is 31.0 Å². The van der Waals surface area contributed by atoms with Gasteiger partial charge in [-0.05, 0) is 75.3 Å². The Morgan fingerprint density at radius 3 is 2.17 bits per heavy atom. The Hall–Kier alpha value is -2.14. The van der Waals surface area contributed by atoms with Crippen LogP contribution in [-0.2, 0) is 25.8 Å². The Labute approximate surface area is 208 Å². The summed E-state index contributed by atoms with van der Waals surface area (Å²) in [6.45, 7) is 0. The summed E-state index contributed by atoms with van der Waals surface area (Å²) < 4.78 is 69.9. The number of halogens is 3. The number of hydrogen-bond acceptors (Lipinski definition) is 4. The molecule has 2 amide bonds. The summed E-state index contributed by atoms with van der Waals surface area (Å²) in [7, 11) is -4.67. The third-order valence-electron chi connectivity index (χ3n) is 8.92. The van der Waals surface area contributed by atoms with Gasteiger partial charge in [-0.3, -0.25) is 9.59 Å². The Morgan fingerprint density at radius 1 is 0.972 bits per heavy atom. The Kier molecular flexibility index (Phi) is 5.98. The third kappa shape index (κ3) is 4.31. The number of amides is 2. The topological polar surface area (TPSA) is 118 Å². The summed E-state index contributed by atoms with van der Waals surface area (Å²) in [5.74, 6) is -0.350. The lowest BCUT2D eigenvalue weighted by Gasteiger charge is -2.61. The van der Waals surface area contributed by atoms with Crippen molar-refractivity contribution >= 4 is 21.8 Å². The zero-order valence-electron chi connectivity index (χ0n) is 20.0. The van der Waals surface area contributed by atoms with Crippen molar-refractivity contribution in [3.05, 3.63) is 29.8 Å². The van der Waals surface area contributed by atoms with Gasteiger partial charge in [0.25, 0.3) is 0 Å². The Bertz CT molecular complexity index is 1160. The fraction of sp³-hybridized carbons (Fsp3) is 0.680. The largest absolute Gasteiger partial charge is 0.417 e. The summed E-state index contributed by atoms with van der Waals surface area (Å²) >= 11 is 0. The van der Waals surface area contributed by atoms with E-state index < -0.39 is 49.1 Å². The molecule has 0 aliphatic heterocycles. The minimum Gasteiger partial charge on any atom is -0.369 e. The zero-order valence-corrected chi connectivity index (χ0v) is 20.8. The third-order valence-corrected chi connectivity index (χ3v) is 10.5. The van der Waals surface area contributed by atoms with Gasteiger partial charge >= 0.3 is 6.18 Å². The van der Waals surface area contributed by atoms with E-state index in [0.29, 0.717) is 44.9 Å². The van der Waals surface area contributed by atoms with Gasteiger partial charge < -0.3 is 11.1 Å². The molecule has 2 unspecified atom stereocenters. The second-order valence-electron chi connectivity index (χ2n) is 11.6. The minimum absolute atomic E-state index is 0.191. The maximum absolute atomic E-state index is 13.9. The molecule has 2 atom stereocenters. The number of nitrogens with two attached hydrogens (primary N) is 1. The quantitative estimate of drug-likeness (QED) is 0.524. The molecule has 4 N–H and O–H groups in total. The smallest absolute Gasteiger partial charge is 0.369 e. The summed E-state index contributed by atoms with van der Waals surface area (Å²) in [6, 6.07) is 4.00. The summed E-state index contributed by atoms with van der Waals surface area (Å²) in [5, 5.41) is 3.14. The number of primary amides is 1. The first-order valence-electron chi connectivity index (χ1n) is 12.6. The normalized spacial score (nSPS) is 33.3. The summed E-state index contributed by atoms with van der Waals surface area (Å²) in [6.07, 6.45) is 1.68. The van der Waals surface area contributed by atoms with Crippen LogP contribution in [0.25, 0.3) is 0 Å². The lowest BCUT2D eigenvalue weighted by Crippen LogP contribution is -2.69. The Morgan fingerprint density at radius 2 is 1.58 bits per heavy atom. The van der Waals surface area contributed by atoms with E-state index in [1.54, 1.807) is 0 Å². The molecule has 11 heteroatoms. The molecular formula is C25H32F3N3O4S. The van der Waals surface area contributed by atoms with Crippen molar-refractivity contribution in [1.29, 1.82) is 0 Å². The van der Waals surface area contributed by atoms with Crippen LogP contribution in [0.15, 0.2) is 29.2 Å². The maximum atomic E-state index is 13.9. The van der Waals surface area contributed by atoms with Crippen LogP contribution < -0.4 is 15.8 Å².